The van der Waals surface area contributed by atoms with Gasteiger partial charge in [0.1, 0.15) is 11.5 Å². The van der Waals surface area contributed by atoms with Crippen LogP contribution in [0.3, 0.4) is 0 Å². The van der Waals surface area contributed by atoms with E-state index in [1.807, 2.05) is 12.1 Å². The number of carbonyl (C=O) groups excluding carboxylic acids is 1. The van der Waals surface area contributed by atoms with E-state index in [1.165, 1.54) is 17.2 Å². The van der Waals surface area contributed by atoms with Gasteiger partial charge < -0.3 is 19.3 Å². The number of benzene rings is 2. The first-order valence-electron chi connectivity index (χ1n) is 14.1. The predicted octanol–water partition coefficient (Wildman–Crippen LogP) is 7.61. The SMILES string of the molecule is CCOC(=O)/C=C/c1ccc(OC)c(-c2cc3c(cc2OCCCCCCCO)C(C)(C)CCC3(C)C)c1. The predicted molar refractivity (Wildman–Crippen MR) is 155 cm³/mol. The van der Waals surface area contributed by atoms with E-state index in [2.05, 4.69) is 45.9 Å². The van der Waals surface area contributed by atoms with Gasteiger partial charge in [0.2, 0.25) is 0 Å². The van der Waals surface area contributed by atoms with Gasteiger partial charge in [-0.3, -0.25) is 0 Å². The molecule has 0 saturated heterocycles. The number of esters is 1. The number of rotatable bonds is 13. The first-order chi connectivity index (χ1) is 18.1. The summed E-state index contributed by atoms with van der Waals surface area (Å²) < 4.78 is 17.3. The molecule has 1 N–H and O–H groups in total. The van der Waals surface area contributed by atoms with E-state index in [0.29, 0.717) is 13.2 Å². The third kappa shape index (κ3) is 7.41. The van der Waals surface area contributed by atoms with E-state index >= 15 is 0 Å². The Kier molecular flexibility index (Phi) is 10.4. The molecule has 2 aromatic carbocycles. The van der Waals surface area contributed by atoms with E-state index in [-0.39, 0.29) is 23.4 Å². The van der Waals surface area contributed by atoms with Crippen molar-refractivity contribution in [3.05, 3.63) is 53.1 Å². The minimum atomic E-state index is -0.356. The van der Waals surface area contributed by atoms with Gasteiger partial charge in [-0.2, -0.15) is 0 Å². The van der Waals surface area contributed by atoms with Crippen molar-refractivity contribution in [1.82, 2.24) is 0 Å². The molecule has 38 heavy (non-hydrogen) atoms. The zero-order valence-corrected chi connectivity index (χ0v) is 24.2. The number of ether oxygens (including phenoxy) is 3. The second-order valence-corrected chi connectivity index (χ2v) is 11.5. The zero-order valence-electron chi connectivity index (χ0n) is 24.2. The Morgan fingerprint density at radius 3 is 2.18 bits per heavy atom. The topological polar surface area (TPSA) is 65.0 Å². The first kappa shape index (κ1) is 29.8. The van der Waals surface area contributed by atoms with Crippen molar-refractivity contribution < 1.29 is 24.1 Å². The van der Waals surface area contributed by atoms with Crippen molar-refractivity contribution in [2.75, 3.05) is 26.9 Å². The van der Waals surface area contributed by atoms with Gasteiger partial charge in [0.05, 0.1) is 20.3 Å². The van der Waals surface area contributed by atoms with Crippen molar-refractivity contribution in [1.29, 1.82) is 0 Å². The zero-order chi connectivity index (χ0) is 27.8. The van der Waals surface area contributed by atoms with E-state index in [1.54, 1.807) is 20.1 Å². The highest BCUT2D eigenvalue weighted by atomic mass is 16.5. The number of methoxy groups -OCH3 is 1. The van der Waals surface area contributed by atoms with Gasteiger partial charge in [-0.15, -0.1) is 0 Å². The van der Waals surface area contributed by atoms with Crippen molar-refractivity contribution in [2.24, 2.45) is 0 Å². The Hall–Kier alpha value is -2.79. The largest absolute Gasteiger partial charge is 0.496 e. The quantitative estimate of drug-likeness (QED) is 0.167. The average molecular weight is 523 g/mol. The second-order valence-electron chi connectivity index (χ2n) is 11.5. The molecule has 0 unspecified atom stereocenters. The molecule has 0 radical (unpaired) electrons. The summed E-state index contributed by atoms with van der Waals surface area (Å²) in [5.41, 5.74) is 5.68. The number of fused-ring (bicyclic) bond motifs is 1. The highest BCUT2D eigenvalue weighted by molar-refractivity contribution is 5.88. The van der Waals surface area contributed by atoms with E-state index in [4.69, 9.17) is 19.3 Å². The Balaban J connectivity index is 2.04. The minimum Gasteiger partial charge on any atom is -0.496 e. The van der Waals surface area contributed by atoms with Crippen molar-refractivity contribution >= 4 is 12.0 Å². The molecule has 5 heteroatoms. The third-order valence-corrected chi connectivity index (χ3v) is 7.73. The van der Waals surface area contributed by atoms with Crippen molar-refractivity contribution in [3.8, 4) is 22.6 Å². The lowest BCUT2D eigenvalue weighted by atomic mass is 9.62. The van der Waals surface area contributed by atoms with Crippen molar-refractivity contribution in [3.63, 3.8) is 0 Å². The van der Waals surface area contributed by atoms with Gasteiger partial charge in [0.25, 0.3) is 0 Å². The highest BCUT2D eigenvalue weighted by Crippen LogP contribution is 2.50. The van der Waals surface area contributed by atoms with E-state index < -0.39 is 0 Å². The van der Waals surface area contributed by atoms with E-state index in [0.717, 1.165) is 73.1 Å². The molecule has 0 amide bonds. The van der Waals surface area contributed by atoms with Crippen LogP contribution in [0.5, 0.6) is 11.5 Å². The Bertz CT molecular complexity index is 1110. The normalized spacial score (nSPS) is 15.8. The number of aliphatic hydroxyl groups is 1. The van der Waals surface area contributed by atoms with Crippen LogP contribution in [-0.2, 0) is 20.4 Å². The van der Waals surface area contributed by atoms with Crippen molar-refractivity contribution in [2.45, 2.75) is 90.4 Å². The molecule has 0 atom stereocenters. The highest BCUT2D eigenvalue weighted by Gasteiger charge is 2.38. The Labute approximate surface area is 229 Å². The van der Waals surface area contributed by atoms with Crippen LogP contribution in [0.1, 0.15) is 96.3 Å². The van der Waals surface area contributed by atoms with Crippen LogP contribution in [0.4, 0.5) is 0 Å². The number of carbonyl (C=O) groups is 1. The lowest BCUT2D eigenvalue weighted by Gasteiger charge is -2.42. The molecule has 0 aromatic heterocycles. The summed E-state index contributed by atoms with van der Waals surface area (Å²) in [7, 11) is 1.69. The van der Waals surface area contributed by atoms with Gasteiger partial charge in [-0.05, 0) is 90.5 Å². The van der Waals surface area contributed by atoms with Gasteiger partial charge in [-0.1, -0.05) is 53.0 Å². The number of hydrogen-bond acceptors (Lipinski definition) is 5. The van der Waals surface area contributed by atoms with Crippen LogP contribution in [-0.4, -0.2) is 38.0 Å². The van der Waals surface area contributed by atoms with Crippen LogP contribution < -0.4 is 9.47 Å². The summed E-state index contributed by atoms with van der Waals surface area (Å²) in [6, 6.07) is 10.5. The number of aliphatic hydroxyl groups excluding tert-OH is 1. The molecule has 0 aliphatic heterocycles. The van der Waals surface area contributed by atoms with Gasteiger partial charge in [-0.25, -0.2) is 4.79 Å². The lowest BCUT2D eigenvalue weighted by Crippen LogP contribution is -2.34. The van der Waals surface area contributed by atoms with Crippen LogP contribution in [0, 0.1) is 0 Å². The molecule has 1 aliphatic carbocycles. The van der Waals surface area contributed by atoms with Crippen LogP contribution in [0.25, 0.3) is 17.2 Å². The first-order valence-corrected chi connectivity index (χ1v) is 14.1. The molecule has 0 heterocycles. The summed E-state index contributed by atoms with van der Waals surface area (Å²) in [6.45, 7) is 12.4. The van der Waals surface area contributed by atoms with Gasteiger partial charge in [0, 0.05) is 23.8 Å². The maximum absolute atomic E-state index is 11.9. The summed E-state index contributed by atoms with van der Waals surface area (Å²) in [5, 5.41) is 9.02. The standard InChI is InChI=1S/C33H46O5/c1-7-37-31(35)16-14-24-13-15-29(36-6)25(21-24)26-22-27-28(33(4,5)18-17-32(27,2)3)23-30(26)38-20-12-10-8-9-11-19-34/h13-16,21-23,34H,7-12,17-20H2,1-6H3/b16-14+. The van der Waals surface area contributed by atoms with Crippen LogP contribution in [0.2, 0.25) is 0 Å². The smallest absolute Gasteiger partial charge is 0.330 e. The summed E-state index contributed by atoms with van der Waals surface area (Å²) in [6.07, 6.45) is 10.6. The Morgan fingerprint density at radius 1 is 0.895 bits per heavy atom. The maximum atomic E-state index is 11.9. The monoisotopic (exact) mass is 522 g/mol. The average Bonchev–Trinajstić information content (AvgIpc) is 2.89. The van der Waals surface area contributed by atoms with Gasteiger partial charge in [0.15, 0.2) is 0 Å². The molecule has 0 spiro atoms. The molecule has 2 aromatic rings. The summed E-state index contributed by atoms with van der Waals surface area (Å²) in [5.74, 6) is 1.28. The summed E-state index contributed by atoms with van der Waals surface area (Å²) in [4.78, 5) is 11.9. The molecule has 3 rings (SSSR count). The maximum Gasteiger partial charge on any atom is 0.330 e. The Morgan fingerprint density at radius 2 is 1.53 bits per heavy atom. The van der Waals surface area contributed by atoms with Crippen LogP contribution in [0.15, 0.2) is 36.4 Å². The summed E-state index contributed by atoms with van der Waals surface area (Å²) >= 11 is 0. The minimum absolute atomic E-state index is 0.0551. The van der Waals surface area contributed by atoms with E-state index in [9.17, 15) is 4.79 Å². The van der Waals surface area contributed by atoms with Crippen LogP contribution >= 0.6 is 0 Å². The molecule has 0 fully saturated rings. The number of unbranched alkanes of at least 4 members (excludes halogenated alkanes) is 4. The fraction of sp³-hybridized carbons (Fsp3) is 0.545. The third-order valence-electron chi connectivity index (χ3n) is 7.73. The number of hydrogen-bond donors (Lipinski definition) is 1. The molecule has 0 saturated carbocycles. The lowest BCUT2D eigenvalue weighted by molar-refractivity contribution is -0.137. The molecular formula is C33H46O5. The molecular weight excluding hydrogens is 476 g/mol. The molecule has 5 nitrogen and oxygen atoms in total. The second kappa shape index (κ2) is 13.3. The molecule has 0 bridgehead atoms. The van der Waals surface area contributed by atoms with Gasteiger partial charge >= 0.3 is 5.97 Å². The molecule has 1 aliphatic rings. The fourth-order valence-electron chi connectivity index (χ4n) is 5.24. The fourth-order valence-corrected chi connectivity index (χ4v) is 5.24. The molecule has 208 valence electrons.